The van der Waals surface area contributed by atoms with Gasteiger partial charge in [0.2, 0.25) is 5.91 Å². The summed E-state index contributed by atoms with van der Waals surface area (Å²) in [5.41, 5.74) is -0.0270. The summed E-state index contributed by atoms with van der Waals surface area (Å²) in [4.78, 5) is 22.2. The number of hydrogen-bond donors (Lipinski definition) is 2. The van der Waals surface area contributed by atoms with Crippen LogP contribution in [-0.2, 0) is 9.59 Å². The summed E-state index contributed by atoms with van der Waals surface area (Å²) in [5.74, 6) is -0.831. The smallest absolute Gasteiger partial charge is 0.352 e. The van der Waals surface area contributed by atoms with Gasteiger partial charge in [0.25, 0.3) is 0 Å². The van der Waals surface area contributed by atoms with E-state index in [9.17, 15) is 9.59 Å². The van der Waals surface area contributed by atoms with Gasteiger partial charge in [-0.1, -0.05) is 25.3 Å². The van der Waals surface area contributed by atoms with Crippen LogP contribution in [0.25, 0.3) is 0 Å². The molecule has 0 bridgehead atoms. The lowest BCUT2D eigenvalue weighted by Crippen LogP contribution is -2.29. The summed E-state index contributed by atoms with van der Waals surface area (Å²) in [7, 11) is 0. The van der Waals surface area contributed by atoms with Gasteiger partial charge < -0.3 is 10.4 Å². The average molecular weight is 225 g/mol. The van der Waals surface area contributed by atoms with Gasteiger partial charge in [-0.2, -0.15) is 0 Å². The van der Waals surface area contributed by atoms with Crippen molar-refractivity contribution in [2.75, 3.05) is 0 Å². The lowest BCUT2D eigenvalue weighted by Gasteiger charge is -2.20. The normalized spacial score (nSPS) is 18.2. The summed E-state index contributed by atoms with van der Waals surface area (Å²) in [6, 6.07) is 0. The Balaban J connectivity index is 2.37. The van der Waals surface area contributed by atoms with Gasteiger partial charge in [0.15, 0.2) is 0 Å². The summed E-state index contributed by atoms with van der Waals surface area (Å²) >= 11 is 0. The molecule has 0 aromatic heterocycles. The number of rotatable bonds is 4. The van der Waals surface area contributed by atoms with Crippen LogP contribution in [0.5, 0.6) is 0 Å². The molecule has 1 fully saturated rings. The molecule has 0 aliphatic heterocycles. The van der Waals surface area contributed by atoms with E-state index in [4.69, 9.17) is 5.11 Å². The first-order valence-corrected chi connectivity index (χ1v) is 5.83. The van der Waals surface area contributed by atoms with Crippen molar-refractivity contribution in [3.8, 4) is 0 Å². The molecule has 4 nitrogen and oxygen atoms in total. The minimum Gasteiger partial charge on any atom is -0.477 e. The van der Waals surface area contributed by atoms with Gasteiger partial charge in [0, 0.05) is 6.42 Å². The lowest BCUT2D eigenvalue weighted by atomic mass is 9.87. The van der Waals surface area contributed by atoms with Crippen molar-refractivity contribution in [1.29, 1.82) is 0 Å². The van der Waals surface area contributed by atoms with Crippen molar-refractivity contribution >= 4 is 11.9 Å². The van der Waals surface area contributed by atoms with Crippen molar-refractivity contribution in [2.45, 2.75) is 45.4 Å². The number of carboxylic acid groups (broad SMARTS) is 1. The first-order chi connectivity index (χ1) is 7.63. The fraction of sp³-hybridized carbons (Fsp3) is 0.667. The van der Waals surface area contributed by atoms with E-state index in [-0.39, 0.29) is 11.6 Å². The highest BCUT2D eigenvalue weighted by Gasteiger charge is 2.18. The molecule has 1 amide bonds. The van der Waals surface area contributed by atoms with E-state index < -0.39 is 5.97 Å². The molecule has 0 spiro atoms. The molecule has 1 saturated carbocycles. The van der Waals surface area contributed by atoms with Crippen molar-refractivity contribution in [2.24, 2.45) is 5.92 Å². The Hall–Kier alpha value is -1.32. The van der Waals surface area contributed by atoms with Crippen LogP contribution in [0.1, 0.15) is 45.4 Å². The van der Waals surface area contributed by atoms with Crippen molar-refractivity contribution in [3.05, 3.63) is 11.8 Å². The summed E-state index contributed by atoms with van der Waals surface area (Å²) in [6.45, 7) is 1.60. The van der Waals surface area contributed by atoms with Crippen LogP contribution in [0.4, 0.5) is 0 Å². The van der Waals surface area contributed by atoms with E-state index >= 15 is 0 Å². The van der Waals surface area contributed by atoms with Gasteiger partial charge in [0.1, 0.15) is 5.70 Å². The second-order valence-electron chi connectivity index (χ2n) is 4.26. The van der Waals surface area contributed by atoms with Crippen LogP contribution in [0.2, 0.25) is 0 Å². The number of nitrogens with one attached hydrogen (secondary N) is 1. The highest BCUT2D eigenvalue weighted by atomic mass is 16.4. The van der Waals surface area contributed by atoms with Gasteiger partial charge in [-0.15, -0.1) is 0 Å². The second kappa shape index (κ2) is 6.30. The maximum Gasteiger partial charge on any atom is 0.352 e. The third-order valence-corrected chi connectivity index (χ3v) is 2.99. The van der Waals surface area contributed by atoms with Crippen LogP contribution in [0.3, 0.4) is 0 Å². The summed E-state index contributed by atoms with van der Waals surface area (Å²) in [6.07, 6.45) is 7.66. The Morgan fingerprint density at radius 2 is 1.94 bits per heavy atom. The number of carbonyl (C=O) groups is 2. The SMILES string of the molecule is CC=C(NC(=O)CC1CCCCC1)C(=O)O. The maximum atomic E-state index is 11.6. The van der Waals surface area contributed by atoms with E-state index in [0.29, 0.717) is 12.3 Å². The van der Waals surface area contributed by atoms with E-state index in [2.05, 4.69) is 5.32 Å². The quantitative estimate of drug-likeness (QED) is 0.720. The molecule has 0 heterocycles. The van der Waals surface area contributed by atoms with Gasteiger partial charge in [-0.05, 0) is 25.7 Å². The standard InChI is InChI=1S/C12H19NO3/c1-2-10(12(15)16)13-11(14)8-9-6-4-3-5-7-9/h2,9H,3-8H2,1H3,(H,13,14)(H,15,16). The zero-order valence-corrected chi connectivity index (χ0v) is 9.66. The molecular weight excluding hydrogens is 206 g/mol. The number of carbonyl (C=O) groups excluding carboxylic acids is 1. The molecule has 16 heavy (non-hydrogen) atoms. The highest BCUT2D eigenvalue weighted by molar-refractivity contribution is 5.92. The first kappa shape index (κ1) is 12.7. The molecule has 0 aromatic rings. The van der Waals surface area contributed by atoms with Crippen LogP contribution in [0, 0.1) is 5.92 Å². The highest BCUT2D eigenvalue weighted by Crippen LogP contribution is 2.26. The van der Waals surface area contributed by atoms with Gasteiger partial charge >= 0.3 is 5.97 Å². The minimum atomic E-state index is -1.08. The van der Waals surface area contributed by atoms with Crippen molar-refractivity contribution in [1.82, 2.24) is 5.32 Å². The number of hydrogen-bond acceptors (Lipinski definition) is 2. The van der Waals surface area contributed by atoms with Crippen LogP contribution < -0.4 is 5.32 Å². The van der Waals surface area contributed by atoms with Gasteiger partial charge in [-0.25, -0.2) is 4.79 Å². The molecule has 0 unspecified atom stereocenters. The number of amides is 1. The Bertz CT molecular complexity index is 291. The van der Waals surface area contributed by atoms with E-state index in [0.717, 1.165) is 12.8 Å². The molecule has 0 radical (unpaired) electrons. The average Bonchev–Trinajstić information content (AvgIpc) is 2.27. The monoisotopic (exact) mass is 225 g/mol. The Morgan fingerprint density at radius 1 is 1.31 bits per heavy atom. The second-order valence-corrected chi connectivity index (χ2v) is 4.26. The summed E-state index contributed by atoms with van der Waals surface area (Å²) < 4.78 is 0. The number of aliphatic carboxylic acids is 1. The topological polar surface area (TPSA) is 66.4 Å². The number of allylic oxidation sites excluding steroid dienone is 1. The lowest BCUT2D eigenvalue weighted by molar-refractivity contribution is -0.134. The molecule has 2 N–H and O–H groups in total. The fourth-order valence-electron chi connectivity index (χ4n) is 2.10. The van der Waals surface area contributed by atoms with Crippen LogP contribution >= 0.6 is 0 Å². The molecular formula is C12H19NO3. The molecule has 1 aliphatic carbocycles. The van der Waals surface area contributed by atoms with E-state index in [1.807, 2.05) is 0 Å². The minimum absolute atomic E-state index is 0.0270. The van der Waals surface area contributed by atoms with E-state index in [1.54, 1.807) is 6.92 Å². The molecule has 1 aliphatic rings. The third kappa shape index (κ3) is 4.04. The van der Waals surface area contributed by atoms with Gasteiger partial charge in [-0.3, -0.25) is 4.79 Å². The third-order valence-electron chi connectivity index (χ3n) is 2.99. The van der Waals surface area contributed by atoms with Crippen LogP contribution in [-0.4, -0.2) is 17.0 Å². The molecule has 4 heteroatoms. The van der Waals surface area contributed by atoms with Gasteiger partial charge in [0.05, 0.1) is 0 Å². The Labute approximate surface area is 95.7 Å². The van der Waals surface area contributed by atoms with E-state index in [1.165, 1.54) is 25.3 Å². The van der Waals surface area contributed by atoms with Crippen molar-refractivity contribution < 1.29 is 14.7 Å². The Morgan fingerprint density at radius 3 is 2.44 bits per heavy atom. The zero-order chi connectivity index (χ0) is 12.0. The largest absolute Gasteiger partial charge is 0.477 e. The predicted molar refractivity (Wildman–Crippen MR) is 60.7 cm³/mol. The summed E-state index contributed by atoms with van der Waals surface area (Å²) in [5, 5.41) is 11.2. The Kier molecular flexibility index (Phi) is 5.02. The molecule has 0 atom stereocenters. The number of carboxylic acids is 1. The predicted octanol–water partition coefficient (Wildman–Crippen LogP) is 2.06. The molecule has 0 aromatic carbocycles. The molecule has 1 rings (SSSR count). The maximum absolute atomic E-state index is 11.6. The van der Waals surface area contributed by atoms with Crippen LogP contribution in [0.15, 0.2) is 11.8 Å². The zero-order valence-electron chi connectivity index (χ0n) is 9.66. The fourth-order valence-corrected chi connectivity index (χ4v) is 2.10. The van der Waals surface area contributed by atoms with Crippen molar-refractivity contribution in [3.63, 3.8) is 0 Å². The molecule has 90 valence electrons. The molecule has 0 saturated heterocycles. The first-order valence-electron chi connectivity index (χ1n) is 5.83.